The van der Waals surface area contributed by atoms with Crippen molar-refractivity contribution in [1.29, 1.82) is 0 Å². The first-order chi connectivity index (χ1) is 4.88. The van der Waals surface area contributed by atoms with Crippen molar-refractivity contribution in [1.82, 2.24) is 0 Å². The first-order valence-corrected chi connectivity index (χ1v) is 5.06. The van der Waals surface area contributed by atoms with E-state index in [1.165, 1.54) is 25.7 Å². The largest absolute Gasteiger partial charge is 0.175 e. The minimum Gasteiger partial charge on any atom is -0.175 e. The number of hydrogen-bond acceptors (Lipinski definition) is 2. The van der Waals surface area contributed by atoms with Crippen LogP contribution in [0.3, 0.4) is 0 Å². The van der Waals surface area contributed by atoms with Crippen LogP contribution in [0.2, 0.25) is 0 Å². The van der Waals surface area contributed by atoms with Gasteiger partial charge in [0.1, 0.15) is 0 Å². The summed E-state index contributed by atoms with van der Waals surface area (Å²) >= 11 is 8.57. The lowest BCUT2D eigenvalue weighted by Gasteiger charge is -2.17. The Kier molecular flexibility index (Phi) is 3.71. The van der Waals surface area contributed by atoms with E-state index in [-0.39, 0.29) is 0 Å². The summed E-state index contributed by atoms with van der Waals surface area (Å²) in [6.07, 6.45) is 5.24. The minimum absolute atomic E-state index is 0.940. The van der Waals surface area contributed by atoms with E-state index in [0.29, 0.717) is 0 Å². The van der Waals surface area contributed by atoms with Crippen molar-refractivity contribution in [3.05, 3.63) is 11.1 Å². The molecule has 0 atom stereocenters. The van der Waals surface area contributed by atoms with E-state index in [2.05, 4.69) is 25.3 Å². The molecule has 58 valence electrons. The molecule has 0 aromatic heterocycles. The van der Waals surface area contributed by atoms with Gasteiger partial charge in [-0.15, -0.1) is 0 Å². The van der Waals surface area contributed by atoms with Gasteiger partial charge in [-0.3, -0.25) is 0 Å². The van der Waals surface area contributed by atoms with Crippen molar-refractivity contribution in [2.24, 2.45) is 0 Å². The predicted octanol–water partition coefficient (Wildman–Crippen LogP) is 2.72. The van der Waals surface area contributed by atoms with Crippen molar-refractivity contribution in [2.75, 3.05) is 11.5 Å². The summed E-state index contributed by atoms with van der Waals surface area (Å²) in [5, 5.41) is 0. The number of hydrogen-bond donors (Lipinski definition) is 2. The van der Waals surface area contributed by atoms with Crippen molar-refractivity contribution in [3.63, 3.8) is 0 Å². The molecule has 1 rings (SSSR count). The maximum absolute atomic E-state index is 4.28. The fourth-order valence-electron chi connectivity index (χ4n) is 1.41. The molecule has 0 radical (unpaired) electrons. The third-order valence-electron chi connectivity index (χ3n) is 2.09. The van der Waals surface area contributed by atoms with E-state index in [1.807, 2.05) is 0 Å². The Morgan fingerprint density at radius 1 is 0.900 bits per heavy atom. The Hall–Kier alpha value is 0.440. The van der Waals surface area contributed by atoms with Crippen LogP contribution in [-0.2, 0) is 0 Å². The summed E-state index contributed by atoms with van der Waals surface area (Å²) < 4.78 is 0. The monoisotopic (exact) mass is 174 g/mol. The molecule has 10 heavy (non-hydrogen) atoms. The van der Waals surface area contributed by atoms with Crippen LogP contribution in [0.4, 0.5) is 0 Å². The molecule has 0 saturated carbocycles. The molecule has 0 aliphatic heterocycles. The first kappa shape index (κ1) is 8.54. The SMILES string of the molecule is SCC1=C(CS)CCCC1. The van der Waals surface area contributed by atoms with Crippen molar-refractivity contribution < 1.29 is 0 Å². The van der Waals surface area contributed by atoms with Gasteiger partial charge in [0, 0.05) is 11.5 Å². The molecular weight excluding hydrogens is 160 g/mol. The predicted molar refractivity (Wildman–Crippen MR) is 53.2 cm³/mol. The van der Waals surface area contributed by atoms with Crippen LogP contribution in [0.15, 0.2) is 11.1 Å². The van der Waals surface area contributed by atoms with E-state index in [4.69, 9.17) is 0 Å². The molecule has 0 aromatic carbocycles. The molecule has 2 heteroatoms. The zero-order valence-electron chi connectivity index (χ0n) is 6.14. The average molecular weight is 174 g/mol. The molecule has 0 bridgehead atoms. The van der Waals surface area contributed by atoms with E-state index >= 15 is 0 Å². The van der Waals surface area contributed by atoms with Crippen LogP contribution in [0.5, 0.6) is 0 Å². The van der Waals surface area contributed by atoms with E-state index in [0.717, 1.165) is 11.5 Å². The van der Waals surface area contributed by atoms with Gasteiger partial charge >= 0.3 is 0 Å². The fraction of sp³-hybridized carbons (Fsp3) is 0.750. The lowest BCUT2D eigenvalue weighted by Crippen LogP contribution is -2.02. The van der Waals surface area contributed by atoms with E-state index in [9.17, 15) is 0 Å². The smallest absolute Gasteiger partial charge is 0.0115 e. The lowest BCUT2D eigenvalue weighted by atomic mass is 9.94. The molecule has 0 spiro atoms. The van der Waals surface area contributed by atoms with Crippen LogP contribution < -0.4 is 0 Å². The molecule has 0 N–H and O–H groups in total. The highest BCUT2D eigenvalue weighted by Crippen LogP contribution is 2.25. The summed E-state index contributed by atoms with van der Waals surface area (Å²) in [5.74, 6) is 1.88. The third kappa shape index (κ3) is 1.96. The second kappa shape index (κ2) is 4.35. The summed E-state index contributed by atoms with van der Waals surface area (Å²) in [7, 11) is 0. The molecule has 1 aliphatic carbocycles. The molecule has 1 aliphatic rings. The van der Waals surface area contributed by atoms with Crippen LogP contribution in [0.1, 0.15) is 25.7 Å². The molecular formula is C8H14S2. The number of rotatable bonds is 2. The van der Waals surface area contributed by atoms with Gasteiger partial charge in [-0.25, -0.2) is 0 Å². The standard InChI is InChI=1S/C8H14S2/c9-5-7-3-1-2-4-8(7)6-10/h9-10H,1-6H2. The average Bonchev–Trinajstić information content (AvgIpc) is 2.04. The van der Waals surface area contributed by atoms with Gasteiger partial charge in [0.25, 0.3) is 0 Å². The van der Waals surface area contributed by atoms with Crippen LogP contribution >= 0.6 is 25.3 Å². The molecule has 0 aromatic rings. The zero-order valence-corrected chi connectivity index (χ0v) is 7.93. The topological polar surface area (TPSA) is 0 Å². The molecule has 0 nitrogen and oxygen atoms in total. The van der Waals surface area contributed by atoms with Gasteiger partial charge in [-0.1, -0.05) is 11.1 Å². The van der Waals surface area contributed by atoms with Gasteiger partial charge in [-0.05, 0) is 25.7 Å². The summed E-state index contributed by atoms with van der Waals surface area (Å²) in [6.45, 7) is 0. The van der Waals surface area contributed by atoms with Crippen molar-refractivity contribution in [3.8, 4) is 0 Å². The first-order valence-electron chi connectivity index (χ1n) is 3.80. The second-order valence-electron chi connectivity index (χ2n) is 2.73. The normalized spacial score (nSPS) is 19.8. The summed E-state index contributed by atoms with van der Waals surface area (Å²) in [5.41, 5.74) is 3.09. The van der Waals surface area contributed by atoms with Gasteiger partial charge in [0.2, 0.25) is 0 Å². The highest BCUT2D eigenvalue weighted by Gasteiger charge is 2.08. The van der Waals surface area contributed by atoms with Crippen molar-refractivity contribution >= 4 is 25.3 Å². The third-order valence-corrected chi connectivity index (χ3v) is 2.85. The Balaban J connectivity index is 2.63. The van der Waals surface area contributed by atoms with Gasteiger partial charge in [0.05, 0.1) is 0 Å². The summed E-state index contributed by atoms with van der Waals surface area (Å²) in [4.78, 5) is 0. The fourth-order valence-corrected chi connectivity index (χ4v) is 2.18. The van der Waals surface area contributed by atoms with Crippen LogP contribution in [-0.4, -0.2) is 11.5 Å². The minimum atomic E-state index is 0.940. The maximum Gasteiger partial charge on any atom is 0.0115 e. The van der Waals surface area contributed by atoms with Crippen LogP contribution in [0, 0.1) is 0 Å². The molecule has 0 saturated heterocycles. The quantitative estimate of drug-likeness (QED) is 0.467. The van der Waals surface area contributed by atoms with E-state index < -0.39 is 0 Å². The van der Waals surface area contributed by atoms with Crippen LogP contribution in [0.25, 0.3) is 0 Å². The second-order valence-corrected chi connectivity index (χ2v) is 3.36. The maximum atomic E-state index is 4.28. The highest BCUT2D eigenvalue weighted by molar-refractivity contribution is 7.80. The Labute approximate surface area is 73.9 Å². The van der Waals surface area contributed by atoms with Gasteiger partial charge in [0.15, 0.2) is 0 Å². The number of thiol groups is 2. The van der Waals surface area contributed by atoms with Gasteiger partial charge < -0.3 is 0 Å². The Bertz CT molecular complexity index is 122. The lowest BCUT2D eigenvalue weighted by molar-refractivity contribution is 0.676. The molecule has 0 heterocycles. The van der Waals surface area contributed by atoms with Crippen molar-refractivity contribution in [2.45, 2.75) is 25.7 Å². The summed E-state index contributed by atoms with van der Waals surface area (Å²) in [6, 6.07) is 0. The Morgan fingerprint density at radius 2 is 1.30 bits per heavy atom. The highest BCUT2D eigenvalue weighted by atomic mass is 32.1. The van der Waals surface area contributed by atoms with E-state index in [1.54, 1.807) is 11.1 Å². The molecule has 0 unspecified atom stereocenters. The molecule has 0 fully saturated rings. The molecule has 0 amide bonds. The van der Waals surface area contributed by atoms with Gasteiger partial charge in [-0.2, -0.15) is 25.3 Å². The Morgan fingerprint density at radius 3 is 1.60 bits per heavy atom. The zero-order chi connectivity index (χ0) is 7.40.